The second-order valence-electron chi connectivity index (χ2n) is 7.64. The van der Waals surface area contributed by atoms with Gasteiger partial charge in [0.25, 0.3) is 0 Å². The van der Waals surface area contributed by atoms with E-state index in [2.05, 4.69) is 45.3 Å². The summed E-state index contributed by atoms with van der Waals surface area (Å²) in [6, 6.07) is 18.2. The van der Waals surface area contributed by atoms with Gasteiger partial charge in [0.15, 0.2) is 0 Å². The van der Waals surface area contributed by atoms with E-state index in [0.29, 0.717) is 11.4 Å². The maximum absolute atomic E-state index is 13.0. The van der Waals surface area contributed by atoms with Gasteiger partial charge in [-0.1, -0.05) is 42.5 Å². The summed E-state index contributed by atoms with van der Waals surface area (Å²) in [5, 5.41) is 2.05. The average molecular weight is 427 g/mol. The van der Waals surface area contributed by atoms with Crippen molar-refractivity contribution in [3.05, 3.63) is 87.1 Å². The SMILES string of the molecule is Cc1ccc(C)c(S(=O)(=O)NCC(c2cccs2)N2CCc3ccccc3C2)c1. The second kappa shape index (κ2) is 8.40. The van der Waals surface area contributed by atoms with Crippen LogP contribution in [0.15, 0.2) is 64.9 Å². The summed E-state index contributed by atoms with van der Waals surface area (Å²) in [6.07, 6.45) is 0.988. The summed E-state index contributed by atoms with van der Waals surface area (Å²) in [5.41, 5.74) is 4.43. The molecular weight excluding hydrogens is 400 g/mol. The molecule has 1 atom stereocenters. The molecule has 0 fully saturated rings. The monoisotopic (exact) mass is 426 g/mol. The normalized spacial score (nSPS) is 15.8. The van der Waals surface area contributed by atoms with E-state index in [4.69, 9.17) is 0 Å². The van der Waals surface area contributed by atoms with Gasteiger partial charge in [0, 0.05) is 24.5 Å². The molecule has 4 rings (SSSR count). The Hall–Kier alpha value is -1.99. The number of nitrogens with one attached hydrogen (secondary N) is 1. The van der Waals surface area contributed by atoms with Gasteiger partial charge in [-0.05, 0) is 60.0 Å². The van der Waals surface area contributed by atoms with Crippen molar-refractivity contribution >= 4 is 21.4 Å². The number of rotatable bonds is 6. The molecule has 3 aromatic rings. The summed E-state index contributed by atoms with van der Waals surface area (Å²) in [7, 11) is -3.57. The summed E-state index contributed by atoms with van der Waals surface area (Å²) in [6.45, 7) is 5.87. The van der Waals surface area contributed by atoms with Crippen molar-refractivity contribution in [3.8, 4) is 0 Å². The van der Waals surface area contributed by atoms with Crippen molar-refractivity contribution in [2.45, 2.75) is 37.8 Å². The summed E-state index contributed by atoms with van der Waals surface area (Å²) in [5.74, 6) is 0. The first kappa shape index (κ1) is 20.3. The minimum atomic E-state index is -3.57. The smallest absolute Gasteiger partial charge is 0.240 e. The lowest BCUT2D eigenvalue weighted by Gasteiger charge is -2.35. The lowest BCUT2D eigenvalue weighted by Crippen LogP contribution is -2.40. The minimum Gasteiger partial charge on any atom is -0.290 e. The Balaban J connectivity index is 1.57. The standard InChI is InChI=1S/C23H26N2O2S2/c1-17-9-10-18(2)23(14-17)29(26,27)24-15-21(22-8-5-13-28-22)25-12-11-19-6-3-4-7-20(19)16-25/h3-10,13-14,21,24H,11-12,15-16H2,1-2H3. The fraction of sp³-hybridized carbons (Fsp3) is 0.304. The summed E-state index contributed by atoms with van der Waals surface area (Å²) in [4.78, 5) is 3.94. The van der Waals surface area contributed by atoms with Crippen molar-refractivity contribution in [1.29, 1.82) is 0 Å². The summed E-state index contributed by atoms with van der Waals surface area (Å²) >= 11 is 1.68. The maximum Gasteiger partial charge on any atom is 0.240 e. The molecule has 0 saturated carbocycles. The topological polar surface area (TPSA) is 49.4 Å². The van der Waals surface area contributed by atoms with Gasteiger partial charge >= 0.3 is 0 Å². The van der Waals surface area contributed by atoms with Crippen LogP contribution in [0.5, 0.6) is 0 Å². The van der Waals surface area contributed by atoms with Crippen molar-refractivity contribution < 1.29 is 8.42 Å². The molecule has 1 aliphatic rings. The number of hydrogen-bond acceptors (Lipinski definition) is 4. The average Bonchev–Trinajstić information content (AvgIpc) is 3.24. The van der Waals surface area contributed by atoms with Crippen molar-refractivity contribution in [2.75, 3.05) is 13.1 Å². The van der Waals surface area contributed by atoms with E-state index < -0.39 is 10.0 Å². The van der Waals surface area contributed by atoms with E-state index >= 15 is 0 Å². The molecule has 0 amide bonds. The molecule has 0 bridgehead atoms. The van der Waals surface area contributed by atoms with Gasteiger partial charge in [-0.25, -0.2) is 13.1 Å². The zero-order chi connectivity index (χ0) is 20.4. The van der Waals surface area contributed by atoms with Gasteiger partial charge < -0.3 is 0 Å². The molecule has 29 heavy (non-hydrogen) atoms. The Morgan fingerprint density at radius 3 is 2.62 bits per heavy atom. The molecule has 0 saturated heterocycles. The Labute approximate surface area is 177 Å². The van der Waals surface area contributed by atoms with Gasteiger partial charge in [0.1, 0.15) is 0 Å². The van der Waals surface area contributed by atoms with Crippen LogP contribution in [0.1, 0.15) is 33.2 Å². The first-order chi connectivity index (χ1) is 13.9. The van der Waals surface area contributed by atoms with E-state index in [-0.39, 0.29) is 6.04 Å². The van der Waals surface area contributed by atoms with Crippen LogP contribution in [-0.4, -0.2) is 26.4 Å². The fourth-order valence-corrected chi connectivity index (χ4v) is 6.16. The lowest BCUT2D eigenvalue weighted by molar-refractivity contribution is 0.183. The first-order valence-corrected chi connectivity index (χ1v) is 12.2. The third-order valence-corrected chi connectivity index (χ3v) is 8.11. The molecule has 0 aliphatic carbocycles. The van der Waals surface area contributed by atoms with Crippen molar-refractivity contribution in [1.82, 2.24) is 9.62 Å². The zero-order valence-electron chi connectivity index (χ0n) is 16.8. The van der Waals surface area contributed by atoms with E-state index in [1.54, 1.807) is 17.4 Å². The molecule has 1 aliphatic heterocycles. The number of sulfonamides is 1. The number of nitrogens with zero attached hydrogens (tertiary/aromatic N) is 1. The van der Waals surface area contributed by atoms with Gasteiger partial charge in [-0.3, -0.25) is 4.90 Å². The molecule has 0 radical (unpaired) electrons. The minimum absolute atomic E-state index is 0.0169. The first-order valence-electron chi connectivity index (χ1n) is 9.85. The van der Waals surface area contributed by atoms with Crippen LogP contribution in [0, 0.1) is 13.8 Å². The van der Waals surface area contributed by atoms with Gasteiger partial charge in [0.05, 0.1) is 10.9 Å². The van der Waals surface area contributed by atoms with E-state index in [1.165, 1.54) is 16.0 Å². The van der Waals surface area contributed by atoms with Crippen LogP contribution >= 0.6 is 11.3 Å². The van der Waals surface area contributed by atoms with Gasteiger partial charge in [0.2, 0.25) is 10.0 Å². The highest BCUT2D eigenvalue weighted by Crippen LogP contribution is 2.30. The highest BCUT2D eigenvalue weighted by molar-refractivity contribution is 7.89. The van der Waals surface area contributed by atoms with E-state index in [9.17, 15) is 8.42 Å². The third-order valence-electron chi connectivity index (χ3n) is 5.57. The quantitative estimate of drug-likeness (QED) is 0.634. The summed E-state index contributed by atoms with van der Waals surface area (Å²) < 4.78 is 29.0. The van der Waals surface area contributed by atoms with E-state index in [1.807, 2.05) is 32.0 Å². The predicted molar refractivity (Wildman–Crippen MR) is 119 cm³/mol. The van der Waals surface area contributed by atoms with Crippen molar-refractivity contribution in [2.24, 2.45) is 0 Å². The van der Waals surface area contributed by atoms with Crippen LogP contribution in [0.4, 0.5) is 0 Å². The van der Waals surface area contributed by atoms with Crippen molar-refractivity contribution in [3.63, 3.8) is 0 Å². The zero-order valence-corrected chi connectivity index (χ0v) is 18.4. The number of thiophene rings is 1. The molecule has 2 heterocycles. The second-order valence-corrected chi connectivity index (χ2v) is 10.4. The van der Waals surface area contributed by atoms with E-state index in [0.717, 1.165) is 30.6 Å². The molecule has 0 spiro atoms. The maximum atomic E-state index is 13.0. The molecule has 6 heteroatoms. The van der Waals surface area contributed by atoms with Gasteiger partial charge in [-0.15, -0.1) is 11.3 Å². The largest absolute Gasteiger partial charge is 0.290 e. The van der Waals surface area contributed by atoms with Crippen LogP contribution in [0.25, 0.3) is 0 Å². The molecular formula is C23H26N2O2S2. The molecule has 1 N–H and O–H groups in total. The van der Waals surface area contributed by atoms with Crippen LogP contribution < -0.4 is 4.72 Å². The van der Waals surface area contributed by atoms with Crippen LogP contribution in [-0.2, 0) is 23.0 Å². The third kappa shape index (κ3) is 4.46. The van der Waals surface area contributed by atoms with Crippen LogP contribution in [0.2, 0.25) is 0 Å². The number of benzene rings is 2. The molecule has 1 unspecified atom stereocenters. The lowest BCUT2D eigenvalue weighted by atomic mass is 9.98. The molecule has 4 nitrogen and oxygen atoms in total. The van der Waals surface area contributed by atoms with Gasteiger partial charge in [-0.2, -0.15) is 0 Å². The molecule has 1 aromatic heterocycles. The Kier molecular flexibility index (Phi) is 5.88. The Bertz CT molecular complexity index is 1090. The predicted octanol–water partition coefficient (Wildman–Crippen LogP) is 4.44. The molecule has 2 aromatic carbocycles. The number of aryl methyl sites for hydroxylation is 2. The number of fused-ring (bicyclic) bond motifs is 1. The number of hydrogen-bond donors (Lipinski definition) is 1. The van der Waals surface area contributed by atoms with Crippen LogP contribution in [0.3, 0.4) is 0 Å². The Morgan fingerprint density at radius 1 is 1.07 bits per heavy atom. The Morgan fingerprint density at radius 2 is 1.86 bits per heavy atom. The fourth-order valence-electron chi connectivity index (χ4n) is 3.94. The highest BCUT2D eigenvalue weighted by Gasteiger charge is 2.27. The highest BCUT2D eigenvalue weighted by atomic mass is 32.2. The molecule has 152 valence electrons.